The van der Waals surface area contributed by atoms with Crippen molar-refractivity contribution < 1.29 is 4.79 Å². The first-order valence-corrected chi connectivity index (χ1v) is 5.22. The highest BCUT2D eigenvalue weighted by Gasteiger charge is 1.99. The molecule has 1 heterocycles. The molecule has 0 aliphatic carbocycles. The Morgan fingerprint density at radius 3 is 3.07 bits per heavy atom. The molecule has 0 aromatic carbocycles. The van der Waals surface area contributed by atoms with Gasteiger partial charge in [0.2, 0.25) is 5.91 Å². The van der Waals surface area contributed by atoms with Crippen molar-refractivity contribution >= 4 is 23.2 Å². The quantitative estimate of drug-likeness (QED) is 0.753. The first-order valence-electron chi connectivity index (χ1n) is 4.84. The highest BCUT2D eigenvalue weighted by Crippen LogP contribution is 2.11. The average Bonchev–Trinajstić information content (AvgIpc) is 2.18. The number of pyridine rings is 1. The molecule has 1 amide bonds. The lowest BCUT2D eigenvalue weighted by atomic mass is 10.3. The van der Waals surface area contributed by atoms with E-state index in [2.05, 4.69) is 15.6 Å². The van der Waals surface area contributed by atoms with Gasteiger partial charge < -0.3 is 10.6 Å². The van der Waals surface area contributed by atoms with Crippen molar-refractivity contribution in [3.05, 3.63) is 23.5 Å². The van der Waals surface area contributed by atoms with E-state index in [1.165, 1.54) is 0 Å². The number of halogens is 1. The summed E-state index contributed by atoms with van der Waals surface area (Å²) in [5.41, 5.74) is 0.874. The summed E-state index contributed by atoms with van der Waals surface area (Å²) in [7, 11) is 0. The molecule has 0 aliphatic heterocycles. The monoisotopic (exact) mass is 227 g/mol. The fourth-order valence-electron chi connectivity index (χ4n) is 1.12. The molecule has 0 atom stereocenters. The number of anilines is 1. The molecule has 5 heteroatoms. The molecule has 0 aliphatic rings. The first-order chi connectivity index (χ1) is 7.22. The standard InChI is InChI=1S/C10H14ClN3O/c1-2-12-10(15)4-6-13-8-3-5-14-9(11)7-8/h3,5,7H,2,4,6H2,1H3,(H,12,15)(H,13,14). The van der Waals surface area contributed by atoms with Crippen molar-refractivity contribution in [2.24, 2.45) is 0 Å². The van der Waals surface area contributed by atoms with Gasteiger partial charge >= 0.3 is 0 Å². The lowest BCUT2D eigenvalue weighted by molar-refractivity contribution is -0.120. The molecule has 0 saturated heterocycles. The lowest BCUT2D eigenvalue weighted by Crippen LogP contribution is -2.24. The fourth-order valence-corrected chi connectivity index (χ4v) is 1.29. The van der Waals surface area contributed by atoms with E-state index in [9.17, 15) is 4.79 Å². The molecular formula is C10H14ClN3O. The Balaban J connectivity index is 2.28. The number of carbonyl (C=O) groups excluding carboxylic acids is 1. The largest absolute Gasteiger partial charge is 0.384 e. The minimum Gasteiger partial charge on any atom is -0.384 e. The van der Waals surface area contributed by atoms with Gasteiger partial charge in [-0.2, -0.15) is 0 Å². The van der Waals surface area contributed by atoms with E-state index in [1.807, 2.05) is 13.0 Å². The first kappa shape index (κ1) is 11.8. The normalized spacial score (nSPS) is 9.73. The second-order valence-corrected chi connectivity index (χ2v) is 3.38. The molecular weight excluding hydrogens is 214 g/mol. The molecule has 2 N–H and O–H groups in total. The van der Waals surface area contributed by atoms with Gasteiger partial charge in [0, 0.05) is 31.4 Å². The van der Waals surface area contributed by atoms with Crippen molar-refractivity contribution in [1.29, 1.82) is 0 Å². The summed E-state index contributed by atoms with van der Waals surface area (Å²) >= 11 is 5.71. The second kappa shape index (κ2) is 6.24. The van der Waals surface area contributed by atoms with Crippen molar-refractivity contribution in [1.82, 2.24) is 10.3 Å². The smallest absolute Gasteiger partial charge is 0.221 e. The highest BCUT2D eigenvalue weighted by atomic mass is 35.5. The van der Waals surface area contributed by atoms with E-state index in [0.717, 1.165) is 5.69 Å². The summed E-state index contributed by atoms with van der Waals surface area (Å²) in [5.74, 6) is 0.0464. The number of carbonyl (C=O) groups is 1. The zero-order chi connectivity index (χ0) is 11.1. The molecule has 1 aromatic heterocycles. The van der Waals surface area contributed by atoms with Crippen LogP contribution in [0.3, 0.4) is 0 Å². The molecule has 4 nitrogen and oxygen atoms in total. The number of nitrogens with one attached hydrogen (secondary N) is 2. The van der Waals surface area contributed by atoms with Gasteiger partial charge in [0.05, 0.1) is 0 Å². The van der Waals surface area contributed by atoms with Crippen LogP contribution in [0.2, 0.25) is 5.15 Å². The van der Waals surface area contributed by atoms with Gasteiger partial charge in [-0.15, -0.1) is 0 Å². The Morgan fingerprint density at radius 2 is 2.40 bits per heavy atom. The van der Waals surface area contributed by atoms with Crippen LogP contribution in [0.1, 0.15) is 13.3 Å². The minimum atomic E-state index is 0.0464. The fraction of sp³-hybridized carbons (Fsp3) is 0.400. The van der Waals surface area contributed by atoms with E-state index < -0.39 is 0 Å². The molecule has 0 unspecified atom stereocenters. The van der Waals surface area contributed by atoms with Crippen LogP contribution in [-0.4, -0.2) is 24.0 Å². The van der Waals surface area contributed by atoms with Crippen LogP contribution in [0.5, 0.6) is 0 Å². The van der Waals surface area contributed by atoms with Crippen LogP contribution in [-0.2, 0) is 4.79 Å². The zero-order valence-electron chi connectivity index (χ0n) is 8.59. The number of nitrogens with zero attached hydrogens (tertiary/aromatic N) is 1. The van der Waals surface area contributed by atoms with Crippen molar-refractivity contribution in [2.45, 2.75) is 13.3 Å². The van der Waals surface area contributed by atoms with E-state index in [1.54, 1.807) is 12.3 Å². The number of hydrogen-bond acceptors (Lipinski definition) is 3. The summed E-state index contributed by atoms with van der Waals surface area (Å²) < 4.78 is 0. The van der Waals surface area contributed by atoms with Crippen molar-refractivity contribution in [2.75, 3.05) is 18.4 Å². The third-order valence-corrected chi connectivity index (χ3v) is 1.99. The van der Waals surface area contributed by atoms with Crippen LogP contribution in [0.15, 0.2) is 18.3 Å². The molecule has 15 heavy (non-hydrogen) atoms. The maximum absolute atomic E-state index is 11.1. The van der Waals surface area contributed by atoms with E-state index >= 15 is 0 Å². The van der Waals surface area contributed by atoms with E-state index in [0.29, 0.717) is 24.7 Å². The Kier molecular flexibility index (Phi) is 4.90. The second-order valence-electron chi connectivity index (χ2n) is 3.00. The Morgan fingerprint density at radius 1 is 1.60 bits per heavy atom. The van der Waals surface area contributed by atoms with E-state index in [-0.39, 0.29) is 5.91 Å². The lowest BCUT2D eigenvalue weighted by Gasteiger charge is -2.06. The summed E-state index contributed by atoms with van der Waals surface area (Å²) in [6, 6.07) is 3.53. The van der Waals surface area contributed by atoms with Gasteiger partial charge in [-0.3, -0.25) is 4.79 Å². The SMILES string of the molecule is CCNC(=O)CCNc1ccnc(Cl)c1. The van der Waals surface area contributed by atoms with Gasteiger partial charge in [0.15, 0.2) is 0 Å². The third-order valence-electron chi connectivity index (χ3n) is 1.78. The molecule has 0 bridgehead atoms. The molecule has 0 radical (unpaired) electrons. The number of rotatable bonds is 5. The van der Waals surface area contributed by atoms with Crippen molar-refractivity contribution in [3.63, 3.8) is 0 Å². The molecule has 0 saturated carbocycles. The Labute approximate surface area is 94.0 Å². The van der Waals surface area contributed by atoms with Gasteiger partial charge in [-0.1, -0.05) is 11.6 Å². The van der Waals surface area contributed by atoms with E-state index in [4.69, 9.17) is 11.6 Å². The van der Waals surface area contributed by atoms with Crippen LogP contribution < -0.4 is 10.6 Å². The molecule has 1 rings (SSSR count). The molecule has 0 spiro atoms. The molecule has 0 fully saturated rings. The van der Waals surface area contributed by atoms with Gasteiger partial charge in [0.25, 0.3) is 0 Å². The van der Waals surface area contributed by atoms with Crippen molar-refractivity contribution in [3.8, 4) is 0 Å². The number of hydrogen-bond donors (Lipinski definition) is 2. The van der Waals surface area contributed by atoms with Gasteiger partial charge in [-0.05, 0) is 19.1 Å². The Bertz CT molecular complexity index is 330. The average molecular weight is 228 g/mol. The highest BCUT2D eigenvalue weighted by molar-refractivity contribution is 6.29. The zero-order valence-corrected chi connectivity index (χ0v) is 9.34. The predicted octanol–water partition coefficient (Wildman–Crippen LogP) is 1.67. The third kappa shape index (κ3) is 4.65. The summed E-state index contributed by atoms with van der Waals surface area (Å²) in [5, 5.41) is 6.26. The predicted molar refractivity (Wildman–Crippen MR) is 61.0 cm³/mol. The van der Waals surface area contributed by atoms with Crippen LogP contribution in [0.4, 0.5) is 5.69 Å². The number of amides is 1. The van der Waals surface area contributed by atoms with Crippen LogP contribution >= 0.6 is 11.6 Å². The molecule has 1 aromatic rings. The summed E-state index contributed by atoms with van der Waals surface area (Å²) in [6.07, 6.45) is 2.07. The Hall–Kier alpha value is -1.29. The van der Waals surface area contributed by atoms with Crippen LogP contribution in [0.25, 0.3) is 0 Å². The maximum Gasteiger partial charge on any atom is 0.221 e. The minimum absolute atomic E-state index is 0.0464. The molecule has 82 valence electrons. The maximum atomic E-state index is 11.1. The summed E-state index contributed by atoms with van der Waals surface area (Å²) in [4.78, 5) is 15.0. The topological polar surface area (TPSA) is 54.0 Å². The number of aromatic nitrogens is 1. The summed E-state index contributed by atoms with van der Waals surface area (Å²) in [6.45, 7) is 3.15. The van der Waals surface area contributed by atoms with Gasteiger partial charge in [0.1, 0.15) is 5.15 Å². The van der Waals surface area contributed by atoms with Gasteiger partial charge in [-0.25, -0.2) is 4.98 Å². The van der Waals surface area contributed by atoms with Crippen LogP contribution in [0, 0.1) is 0 Å².